The van der Waals surface area contributed by atoms with E-state index in [2.05, 4.69) is 58.5 Å². The molecule has 1 amide bonds. The highest BCUT2D eigenvalue weighted by atomic mass is 16.1. The van der Waals surface area contributed by atoms with E-state index in [0.29, 0.717) is 30.9 Å². The normalized spacial score (nSPS) is 12.0. The highest BCUT2D eigenvalue weighted by Gasteiger charge is 2.12. The number of nitrogens with one attached hydrogen (secondary N) is 3. The standard InChI is InChI=1S/C21H38N6O/c1-7-22-21(23-12-8-14-27(16(2)3)17(4)5)24-13-11-20(28)26-19-10-9-18(6)15-25-19/h9-10,15-17H,7-8,11-14H2,1-6H3,(H2,22,23,24)(H,25,26,28). The summed E-state index contributed by atoms with van der Waals surface area (Å²) in [6, 6.07) is 4.81. The van der Waals surface area contributed by atoms with Crippen LogP contribution in [0.4, 0.5) is 5.82 Å². The van der Waals surface area contributed by atoms with Crippen LogP contribution in [0, 0.1) is 6.92 Å². The SMILES string of the molecule is CCNC(=NCCCN(C(C)C)C(C)C)NCCC(=O)Nc1ccc(C)cn1. The van der Waals surface area contributed by atoms with Gasteiger partial charge in [0.25, 0.3) is 0 Å². The molecule has 0 radical (unpaired) electrons. The summed E-state index contributed by atoms with van der Waals surface area (Å²) < 4.78 is 0. The molecule has 0 bridgehead atoms. The van der Waals surface area contributed by atoms with E-state index in [9.17, 15) is 4.79 Å². The molecule has 1 aromatic rings. The van der Waals surface area contributed by atoms with E-state index >= 15 is 0 Å². The van der Waals surface area contributed by atoms with Crippen molar-refractivity contribution in [3.8, 4) is 0 Å². The number of hydrogen-bond acceptors (Lipinski definition) is 4. The van der Waals surface area contributed by atoms with Crippen LogP contribution in [0.5, 0.6) is 0 Å². The molecule has 7 nitrogen and oxygen atoms in total. The molecule has 1 heterocycles. The van der Waals surface area contributed by atoms with Crippen molar-refractivity contribution in [1.29, 1.82) is 0 Å². The number of aliphatic imine (C=N–C) groups is 1. The van der Waals surface area contributed by atoms with Crippen molar-refractivity contribution in [3.63, 3.8) is 0 Å². The Morgan fingerprint density at radius 1 is 1.18 bits per heavy atom. The fourth-order valence-corrected chi connectivity index (χ4v) is 2.94. The number of nitrogens with zero attached hydrogens (tertiary/aromatic N) is 3. The lowest BCUT2D eigenvalue weighted by Gasteiger charge is -2.30. The van der Waals surface area contributed by atoms with Gasteiger partial charge in [0.05, 0.1) is 0 Å². The fraction of sp³-hybridized carbons (Fsp3) is 0.667. The first-order valence-corrected chi connectivity index (χ1v) is 10.3. The Bertz CT molecular complexity index is 589. The zero-order chi connectivity index (χ0) is 20.9. The molecule has 0 saturated heterocycles. The Hall–Kier alpha value is -2.15. The van der Waals surface area contributed by atoms with Gasteiger partial charge in [-0.15, -0.1) is 0 Å². The number of anilines is 1. The second-order valence-electron chi connectivity index (χ2n) is 7.49. The molecule has 0 aromatic carbocycles. The third-order valence-electron chi connectivity index (χ3n) is 4.34. The van der Waals surface area contributed by atoms with E-state index < -0.39 is 0 Å². The molecule has 0 saturated carbocycles. The van der Waals surface area contributed by atoms with Gasteiger partial charge >= 0.3 is 0 Å². The minimum Gasteiger partial charge on any atom is -0.357 e. The van der Waals surface area contributed by atoms with Crippen molar-refractivity contribution in [2.75, 3.05) is 31.5 Å². The van der Waals surface area contributed by atoms with Crippen molar-refractivity contribution in [1.82, 2.24) is 20.5 Å². The number of carbonyl (C=O) groups excluding carboxylic acids is 1. The van der Waals surface area contributed by atoms with Crippen molar-refractivity contribution in [3.05, 3.63) is 23.9 Å². The van der Waals surface area contributed by atoms with Gasteiger partial charge in [0.15, 0.2) is 5.96 Å². The first-order chi connectivity index (χ1) is 13.3. The number of guanidine groups is 1. The molecule has 0 unspecified atom stereocenters. The Morgan fingerprint density at radius 2 is 1.89 bits per heavy atom. The van der Waals surface area contributed by atoms with Crippen molar-refractivity contribution < 1.29 is 4.79 Å². The summed E-state index contributed by atoms with van der Waals surface area (Å²) in [5.41, 5.74) is 1.07. The molecule has 0 atom stereocenters. The van der Waals surface area contributed by atoms with Gasteiger partial charge in [0.1, 0.15) is 5.82 Å². The molecule has 3 N–H and O–H groups in total. The van der Waals surface area contributed by atoms with E-state index in [4.69, 9.17) is 0 Å². The maximum absolute atomic E-state index is 12.0. The van der Waals surface area contributed by atoms with Crippen LogP contribution in [-0.2, 0) is 4.79 Å². The summed E-state index contributed by atoms with van der Waals surface area (Å²) in [5, 5.41) is 9.26. The van der Waals surface area contributed by atoms with Crippen LogP contribution in [0.3, 0.4) is 0 Å². The number of aryl methyl sites for hydroxylation is 1. The average molecular weight is 391 g/mol. The highest BCUT2D eigenvalue weighted by molar-refractivity contribution is 5.90. The van der Waals surface area contributed by atoms with E-state index in [1.165, 1.54) is 0 Å². The van der Waals surface area contributed by atoms with Crippen LogP contribution in [0.25, 0.3) is 0 Å². The first-order valence-electron chi connectivity index (χ1n) is 10.3. The van der Waals surface area contributed by atoms with E-state index in [0.717, 1.165) is 37.6 Å². The van der Waals surface area contributed by atoms with Gasteiger partial charge in [0, 0.05) is 50.9 Å². The van der Waals surface area contributed by atoms with Crippen LogP contribution in [0.15, 0.2) is 23.3 Å². The minimum absolute atomic E-state index is 0.0655. The molecular formula is C21H38N6O. The molecule has 158 valence electrons. The van der Waals surface area contributed by atoms with Gasteiger partial charge < -0.3 is 16.0 Å². The van der Waals surface area contributed by atoms with Crippen LogP contribution in [0.2, 0.25) is 0 Å². The lowest BCUT2D eigenvalue weighted by Crippen LogP contribution is -2.39. The van der Waals surface area contributed by atoms with Gasteiger partial charge in [-0.05, 0) is 59.6 Å². The maximum Gasteiger partial charge on any atom is 0.227 e. The number of hydrogen-bond donors (Lipinski definition) is 3. The number of pyridine rings is 1. The van der Waals surface area contributed by atoms with Gasteiger partial charge in [-0.3, -0.25) is 14.7 Å². The van der Waals surface area contributed by atoms with Crippen LogP contribution >= 0.6 is 0 Å². The van der Waals surface area contributed by atoms with Gasteiger partial charge in [-0.2, -0.15) is 0 Å². The minimum atomic E-state index is -0.0655. The number of aromatic nitrogens is 1. The smallest absolute Gasteiger partial charge is 0.227 e. The predicted molar refractivity (Wildman–Crippen MR) is 118 cm³/mol. The predicted octanol–water partition coefficient (Wildman–Crippen LogP) is 2.78. The molecule has 28 heavy (non-hydrogen) atoms. The Labute approximate surface area is 170 Å². The molecule has 1 aromatic heterocycles. The van der Waals surface area contributed by atoms with Gasteiger partial charge in [-0.1, -0.05) is 6.07 Å². The molecule has 0 aliphatic rings. The summed E-state index contributed by atoms with van der Waals surface area (Å²) in [6.07, 6.45) is 3.10. The molecule has 0 spiro atoms. The topological polar surface area (TPSA) is 81.7 Å². The van der Waals surface area contributed by atoms with Crippen molar-refractivity contribution in [2.45, 2.75) is 66.5 Å². The van der Waals surface area contributed by atoms with Crippen LogP contribution in [0.1, 0.15) is 53.0 Å². The van der Waals surface area contributed by atoms with Crippen molar-refractivity contribution in [2.24, 2.45) is 4.99 Å². The third-order valence-corrected chi connectivity index (χ3v) is 4.34. The maximum atomic E-state index is 12.0. The molecule has 0 fully saturated rings. The zero-order valence-electron chi connectivity index (χ0n) is 18.4. The van der Waals surface area contributed by atoms with Gasteiger partial charge in [0.2, 0.25) is 5.91 Å². The van der Waals surface area contributed by atoms with Gasteiger partial charge in [-0.25, -0.2) is 4.98 Å². The number of rotatable bonds is 11. The monoisotopic (exact) mass is 390 g/mol. The van der Waals surface area contributed by atoms with Crippen LogP contribution in [-0.4, -0.2) is 60.0 Å². The lowest BCUT2D eigenvalue weighted by molar-refractivity contribution is -0.116. The Morgan fingerprint density at radius 3 is 2.46 bits per heavy atom. The molecule has 7 heteroatoms. The largest absolute Gasteiger partial charge is 0.357 e. The summed E-state index contributed by atoms with van der Waals surface area (Å²) >= 11 is 0. The summed E-state index contributed by atoms with van der Waals surface area (Å²) in [4.78, 5) is 23.3. The second kappa shape index (κ2) is 13.1. The lowest BCUT2D eigenvalue weighted by atomic mass is 10.2. The number of amides is 1. The fourth-order valence-electron chi connectivity index (χ4n) is 2.94. The molecule has 0 aliphatic heterocycles. The molecule has 0 aliphatic carbocycles. The first kappa shape index (κ1) is 23.9. The summed E-state index contributed by atoms with van der Waals surface area (Å²) in [5.74, 6) is 1.27. The zero-order valence-corrected chi connectivity index (χ0v) is 18.4. The van der Waals surface area contributed by atoms with Crippen molar-refractivity contribution >= 4 is 17.7 Å². The molecule has 1 rings (SSSR count). The molecular weight excluding hydrogens is 352 g/mol. The third kappa shape index (κ3) is 9.69. The second-order valence-corrected chi connectivity index (χ2v) is 7.49. The highest BCUT2D eigenvalue weighted by Crippen LogP contribution is 2.06. The number of carbonyl (C=O) groups is 1. The van der Waals surface area contributed by atoms with E-state index in [1.54, 1.807) is 6.20 Å². The Balaban J connectivity index is 2.37. The Kier molecular flexibility index (Phi) is 11.2. The summed E-state index contributed by atoms with van der Waals surface area (Å²) in [7, 11) is 0. The van der Waals surface area contributed by atoms with E-state index in [1.807, 2.05) is 26.0 Å². The van der Waals surface area contributed by atoms with Crippen LogP contribution < -0.4 is 16.0 Å². The van der Waals surface area contributed by atoms with E-state index in [-0.39, 0.29) is 5.91 Å². The average Bonchev–Trinajstić information content (AvgIpc) is 2.62. The summed E-state index contributed by atoms with van der Waals surface area (Å²) in [6.45, 7) is 16.0. The quantitative estimate of drug-likeness (QED) is 0.307.